The normalized spacial score (nSPS) is 13.8. The highest BCUT2D eigenvalue weighted by atomic mass is 16.5. The van der Waals surface area contributed by atoms with Crippen molar-refractivity contribution in [2.24, 2.45) is 0 Å². The molecule has 0 saturated carbocycles. The molecule has 7 nitrogen and oxygen atoms in total. The zero-order valence-electron chi connectivity index (χ0n) is 11.3. The van der Waals surface area contributed by atoms with Crippen molar-refractivity contribution in [3.8, 4) is 5.75 Å². The molecule has 0 radical (unpaired) electrons. The summed E-state index contributed by atoms with van der Waals surface area (Å²) in [6.45, 7) is 3.56. The van der Waals surface area contributed by atoms with Gasteiger partial charge in [0.25, 0.3) is 0 Å². The van der Waals surface area contributed by atoms with Gasteiger partial charge in [-0.15, -0.1) is 0 Å². The molecule has 7 heteroatoms. The van der Waals surface area contributed by atoms with Crippen LogP contribution in [0.25, 0.3) is 0 Å². The monoisotopic (exact) mass is 289 g/mol. The molecular weight excluding hydrogens is 274 g/mol. The van der Waals surface area contributed by atoms with Crippen molar-refractivity contribution in [1.82, 2.24) is 10.2 Å². The summed E-state index contributed by atoms with van der Waals surface area (Å²) in [7, 11) is 0. The Kier molecular flexibility index (Phi) is 4.55. The smallest absolute Gasteiger partial charge is 0.325 e. The average Bonchev–Trinajstić information content (AvgIpc) is 2.75. The van der Waals surface area contributed by atoms with Crippen LogP contribution < -0.4 is 15.4 Å². The topological polar surface area (TPSA) is 87.7 Å². The largest absolute Gasteiger partial charge is 0.487 e. The molecule has 1 saturated heterocycles. The van der Waals surface area contributed by atoms with E-state index in [-0.39, 0.29) is 13.1 Å². The number of hydrogen-bond acceptors (Lipinski definition) is 4. The highest BCUT2D eigenvalue weighted by Crippen LogP contribution is 2.23. The third-order valence-corrected chi connectivity index (χ3v) is 2.72. The zero-order valence-corrected chi connectivity index (χ0v) is 11.3. The molecule has 0 spiro atoms. The van der Waals surface area contributed by atoms with Gasteiger partial charge in [0.2, 0.25) is 11.8 Å². The Morgan fingerprint density at radius 3 is 2.86 bits per heavy atom. The fourth-order valence-electron chi connectivity index (χ4n) is 1.82. The minimum Gasteiger partial charge on any atom is -0.487 e. The maximum Gasteiger partial charge on any atom is 0.325 e. The van der Waals surface area contributed by atoms with E-state index in [9.17, 15) is 14.4 Å². The molecule has 0 aromatic heterocycles. The number of benzene rings is 1. The highest BCUT2D eigenvalue weighted by molar-refractivity contribution is 6.04. The second kappa shape index (κ2) is 6.56. The van der Waals surface area contributed by atoms with E-state index >= 15 is 0 Å². The van der Waals surface area contributed by atoms with E-state index in [0.29, 0.717) is 18.0 Å². The number of urea groups is 1. The third-order valence-electron chi connectivity index (χ3n) is 2.72. The number of imide groups is 1. The van der Waals surface area contributed by atoms with E-state index in [1.54, 1.807) is 30.3 Å². The summed E-state index contributed by atoms with van der Waals surface area (Å²) in [6.07, 6.45) is 1.60. The summed E-state index contributed by atoms with van der Waals surface area (Å²) >= 11 is 0. The van der Waals surface area contributed by atoms with Gasteiger partial charge in [-0.1, -0.05) is 24.8 Å². The van der Waals surface area contributed by atoms with Gasteiger partial charge >= 0.3 is 6.03 Å². The third kappa shape index (κ3) is 3.82. The summed E-state index contributed by atoms with van der Waals surface area (Å²) in [4.78, 5) is 35.5. The summed E-state index contributed by atoms with van der Waals surface area (Å²) in [6, 6.07) is 6.37. The van der Waals surface area contributed by atoms with Crippen molar-refractivity contribution < 1.29 is 19.1 Å². The van der Waals surface area contributed by atoms with E-state index in [1.165, 1.54) is 0 Å². The molecule has 1 fully saturated rings. The van der Waals surface area contributed by atoms with Gasteiger partial charge in [-0.3, -0.25) is 14.9 Å². The first kappa shape index (κ1) is 14.6. The van der Waals surface area contributed by atoms with Crippen LogP contribution >= 0.6 is 0 Å². The van der Waals surface area contributed by atoms with Crippen LogP contribution in [0.5, 0.6) is 5.75 Å². The van der Waals surface area contributed by atoms with E-state index < -0.39 is 17.8 Å². The molecule has 1 aromatic rings. The van der Waals surface area contributed by atoms with Crippen molar-refractivity contribution >= 4 is 23.5 Å². The number of carbonyl (C=O) groups is 3. The van der Waals surface area contributed by atoms with Crippen molar-refractivity contribution in [2.75, 3.05) is 25.0 Å². The number of rotatable bonds is 6. The first-order valence-corrected chi connectivity index (χ1v) is 6.31. The Morgan fingerprint density at radius 1 is 1.43 bits per heavy atom. The maximum atomic E-state index is 11.9. The highest BCUT2D eigenvalue weighted by Gasteiger charge is 2.28. The number of para-hydroxylation sites is 2. The lowest BCUT2D eigenvalue weighted by molar-refractivity contribution is -0.119. The van der Waals surface area contributed by atoms with Gasteiger partial charge in [-0.05, 0) is 12.1 Å². The Bertz CT molecular complexity index is 585. The molecule has 110 valence electrons. The van der Waals surface area contributed by atoms with Crippen LogP contribution in [-0.4, -0.2) is 42.4 Å². The minimum atomic E-state index is -0.564. The maximum absolute atomic E-state index is 11.9. The van der Waals surface area contributed by atoms with Crippen molar-refractivity contribution in [3.05, 3.63) is 36.9 Å². The molecule has 2 rings (SSSR count). The molecule has 2 N–H and O–H groups in total. The number of carbonyl (C=O) groups excluding carboxylic acids is 3. The van der Waals surface area contributed by atoms with Gasteiger partial charge < -0.3 is 15.0 Å². The standard InChI is InChI=1S/C14H15N3O4/c1-2-7-21-11-6-4-3-5-10(11)15-12(18)8-17-9-13(19)16-14(17)20/h2-6H,1,7-9H2,(H,15,18)(H,16,19,20). The fraction of sp³-hybridized carbons (Fsp3) is 0.214. The lowest BCUT2D eigenvalue weighted by Crippen LogP contribution is -2.35. The summed E-state index contributed by atoms with van der Waals surface area (Å²) < 4.78 is 5.42. The van der Waals surface area contributed by atoms with Crippen LogP contribution in [0.3, 0.4) is 0 Å². The van der Waals surface area contributed by atoms with Crippen molar-refractivity contribution in [1.29, 1.82) is 0 Å². The van der Waals surface area contributed by atoms with Gasteiger partial charge in [0, 0.05) is 0 Å². The molecule has 1 aromatic carbocycles. The molecule has 4 amide bonds. The van der Waals surface area contributed by atoms with Gasteiger partial charge in [-0.25, -0.2) is 4.79 Å². The quantitative estimate of drug-likeness (QED) is 0.597. The van der Waals surface area contributed by atoms with Crippen LogP contribution in [-0.2, 0) is 9.59 Å². The number of nitrogens with one attached hydrogen (secondary N) is 2. The molecule has 0 bridgehead atoms. The van der Waals surface area contributed by atoms with Crippen molar-refractivity contribution in [2.45, 2.75) is 0 Å². The summed E-state index contributed by atoms with van der Waals surface area (Å²) in [5.41, 5.74) is 0.496. The first-order chi connectivity index (χ1) is 10.1. The van der Waals surface area contributed by atoms with Crippen LogP contribution in [0.15, 0.2) is 36.9 Å². The summed E-state index contributed by atoms with van der Waals surface area (Å²) in [5, 5.41) is 4.76. The number of anilines is 1. The van der Waals surface area contributed by atoms with Gasteiger partial charge in [-0.2, -0.15) is 0 Å². The molecule has 0 aliphatic carbocycles. The second-order valence-electron chi connectivity index (χ2n) is 4.35. The lowest BCUT2D eigenvalue weighted by atomic mass is 10.3. The average molecular weight is 289 g/mol. The van der Waals surface area contributed by atoms with Crippen LogP contribution in [0, 0.1) is 0 Å². The van der Waals surface area contributed by atoms with Gasteiger partial charge in [0.15, 0.2) is 0 Å². The zero-order chi connectivity index (χ0) is 15.2. The Morgan fingerprint density at radius 2 is 2.19 bits per heavy atom. The van der Waals surface area contributed by atoms with E-state index in [0.717, 1.165) is 4.90 Å². The SMILES string of the molecule is C=CCOc1ccccc1NC(=O)CN1CC(=O)NC1=O. The molecule has 1 aliphatic heterocycles. The lowest BCUT2D eigenvalue weighted by Gasteiger charge is -2.14. The Balaban J connectivity index is 1.98. The molecule has 21 heavy (non-hydrogen) atoms. The Hall–Kier alpha value is -2.83. The predicted octanol–water partition coefficient (Wildman–Crippen LogP) is 0.742. The first-order valence-electron chi connectivity index (χ1n) is 6.31. The molecule has 0 atom stereocenters. The minimum absolute atomic E-state index is 0.110. The van der Waals surface area contributed by atoms with Crippen LogP contribution in [0.4, 0.5) is 10.5 Å². The molecule has 1 aliphatic rings. The molecule has 1 heterocycles. The van der Waals surface area contributed by atoms with Gasteiger partial charge in [0.1, 0.15) is 25.4 Å². The number of amides is 4. The van der Waals surface area contributed by atoms with Crippen LogP contribution in [0.1, 0.15) is 0 Å². The van der Waals surface area contributed by atoms with Crippen molar-refractivity contribution in [3.63, 3.8) is 0 Å². The summed E-state index contributed by atoms with van der Waals surface area (Å²) in [5.74, 6) is -0.315. The fourth-order valence-corrected chi connectivity index (χ4v) is 1.82. The number of ether oxygens (including phenoxy) is 1. The Labute approximate surface area is 121 Å². The molecule has 0 unspecified atom stereocenters. The van der Waals surface area contributed by atoms with E-state index in [4.69, 9.17) is 4.74 Å². The number of nitrogens with zero attached hydrogens (tertiary/aromatic N) is 1. The second-order valence-corrected chi connectivity index (χ2v) is 4.35. The number of hydrogen-bond donors (Lipinski definition) is 2. The molecular formula is C14H15N3O4. The van der Waals surface area contributed by atoms with E-state index in [1.807, 2.05) is 0 Å². The van der Waals surface area contributed by atoms with Crippen LogP contribution in [0.2, 0.25) is 0 Å². The van der Waals surface area contributed by atoms with Gasteiger partial charge in [0.05, 0.1) is 5.69 Å². The van der Waals surface area contributed by atoms with E-state index in [2.05, 4.69) is 17.2 Å². The predicted molar refractivity (Wildman–Crippen MR) is 75.9 cm³/mol.